The molecule has 0 rings (SSSR count). The van der Waals surface area contributed by atoms with Gasteiger partial charge in [0, 0.05) is 0 Å². The summed E-state index contributed by atoms with van der Waals surface area (Å²) in [6, 6.07) is 2.52. The van der Waals surface area contributed by atoms with Crippen molar-refractivity contribution in [1.29, 1.82) is 5.26 Å². The highest BCUT2D eigenvalue weighted by atomic mass is 32.2. The Hall–Kier alpha value is -0.160. The molecule has 0 aliphatic rings. The van der Waals surface area contributed by atoms with E-state index in [2.05, 4.69) is 26.8 Å². The standard InChI is InChI=1S/C11H21NS/c1-4-7-11(10-12,8-5-2)13-9-6-3/h4-9H2,1-3H3. The van der Waals surface area contributed by atoms with Crippen molar-refractivity contribution in [3.05, 3.63) is 0 Å². The van der Waals surface area contributed by atoms with Gasteiger partial charge in [-0.25, -0.2) is 0 Å². The summed E-state index contributed by atoms with van der Waals surface area (Å²) in [4.78, 5) is 0. The van der Waals surface area contributed by atoms with E-state index in [0.29, 0.717) is 0 Å². The molecule has 0 aromatic heterocycles. The van der Waals surface area contributed by atoms with Crippen LogP contribution in [0.2, 0.25) is 0 Å². The highest BCUT2D eigenvalue weighted by Crippen LogP contribution is 2.34. The summed E-state index contributed by atoms with van der Waals surface area (Å²) in [5, 5.41) is 9.19. The van der Waals surface area contributed by atoms with Gasteiger partial charge in [-0.05, 0) is 25.0 Å². The molecule has 1 nitrogen and oxygen atoms in total. The molecule has 0 saturated heterocycles. The Morgan fingerprint density at radius 3 is 1.92 bits per heavy atom. The third-order valence-corrected chi connectivity index (χ3v) is 3.76. The van der Waals surface area contributed by atoms with Gasteiger partial charge in [0.2, 0.25) is 0 Å². The van der Waals surface area contributed by atoms with Crippen LogP contribution in [0.15, 0.2) is 0 Å². The number of thioether (sulfide) groups is 1. The molecule has 0 fully saturated rings. The number of nitrogens with zero attached hydrogens (tertiary/aromatic N) is 1. The van der Waals surface area contributed by atoms with Crippen LogP contribution in [-0.2, 0) is 0 Å². The Labute approximate surface area is 86.9 Å². The number of nitriles is 1. The molecule has 0 radical (unpaired) electrons. The van der Waals surface area contributed by atoms with Crippen LogP contribution in [0, 0.1) is 11.3 Å². The normalized spacial score (nSPS) is 11.2. The van der Waals surface area contributed by atoms with E-state index < -0.39 is 0 Å². The molecule has 0 N–H and O–H groups in total. The topological polar surface area (TPSA) is 23.8 Å². The predicted molar refractivity (Wildman–Crippen MR) is 60.9 cm³/mol. The van der Waals surface area contributed by atoms with E-state index in [-0.39, 0.29) is 4.75 Å². The third kappa shape index (κ3) is 4.57. The van der Waals surface area contributed by atoms with Gasteiger partial charge in [0.05, 0.1) is 6.07 Å². The molecule has 0 aliphatic carbocycles. The molecular weight excluding hydrogens is 178 g/mol. The molecule has 76 valence electrons. The first-order chi connectivity index (χ1) is 6.24. The first-order valence-corrected chi connectivity index (χ1v) is 6.28. The molecule has 2 heteroatoms. The minimum atomic E-state index is -0.0838. The lowest BCUT2D eigenvalue weighted by Crippen LogP contribution is -2.22. The van der Waals surface area contributed by atoms with Gasteiger partial charge in [0.1, 0.15) is 4.75 Å². The van der Waals surface area contributed by atoms with Crippen molar-refractivity contribution in [1.82, 2.24) is 0 Å². The van der Waals surface area contributed by atoms with E-state index in [1.807, 2.05) is 11.8 Å². The lowest BCUT2D eigenvalue weighted by molar-refractivity contribution is 0.584. The molecule has 0 saturated carbocycles. The van der Waals surface area contributed by atoms with Crippen LogP contribution < -0.4 is 0 Å². The SMILES string of the molecule is CCCSC(C#N)(CCC)CCC. The summed E-state index contributed by atoms with van der Waals surface area (Å²) in [6.07, 6.45) is 5.49. The van der Waals surface area contributed by atoms with Crippen LogP contribution in [0.3, 0.4) is 0 Å². The van der Waals surface area contributed by atoms with Gasteiger partial charge in [-0.3, -0.25) is 0 Å². The van der Waals surface area contributed by atoms with E-state index in [9.17, 15) is 5.26 Å². The quantitative estimate of drug-likeness (QED) is 0.619. The van der Waals surface area contributed by atoms with Gasteiger partial charge in [0.15, 0.2) is 0 Å². The second kappa shape index (κ2) is 7.26. The maximum absolute atomic E-state index is 9.19. The number of rotatable bonds is 7. The number of hydrogen-bond donors (Lipinski definition) is 0. The summed E-state index contributed by atoms with van der Waals surface area (Å²) >= 11 is 1.86. The van der Waals surface area contributed by atoms with E-state index in [1.165, 1.54) is 6.42 Å². The first-order valence-electron chi connectivity index (χ1n) is 5.29. The van der Waals surface area contributed by atoms with Crippen LogP contribution >= 0.6 is 11.8 Å². The van der Waals surface area contributed by atoms with Gasteiger partial charge >= 0.3 is 0 Å². The van der Waals surface area contributed by atoms with E-state index in [4.69, 9.17) is 0 Å². The van der Waals surface area contributed by atoms with Gasteiger partial charge in [-0.1, -0.05) is 33.6 Å². The average Bonchev–Trinajstić information content (AvgIpc) is 2.15. The lowest BCUT2D eigenvalue weighted by atomic mass is 9.99. The summed E-state index contributed by atoms with van der Waals surface area (Å²) < 4.78 is -0.0838. The molecule has 0 heterocycles. The minimum Gasteiger partial charge on any atom is -0.197 e. The molecule has 0 spiro atoms. The van der Waals surface area contributed by atoms with E-state index in [0.717, 1.165) is 31.4 Å². The molecular formula is C11H21NS. The van der Waals surface area contributed by atoms with Gasteiger partial charge < -0.3 is 0 Å². The summed E-state index contributed by atoms with van der Waals surface area (Å²) in [5.41, 5.74) is 0. The highest BCUT2D eigenvalue weighted by molar-refractivity contribution is 8.00. The largest absolute Gasteiger partial charge is 0.197 e. The van der Waals surface area contributed by atoms with Crippen molar-refractivity contribution >= 4 is 11.8 Å². The molecule has 0 atom stereocenters. The van der Waals surface area contributed by atoms with Crippen LogP contribution in [0.4, 0.5) is 0 Å². The van der Waals surface area contributed by atoms with Crippen LogP contribution in [0.25, 0.3) is 0 Å². The zero-order chi connectivity index (χ0) is 10.2. The maximum Gasteiger partial charge on any atom is 0.102 e. The molecule has 0 unspecified atom stereocenters. The van der Waals surface area contributed by atoms with Crippen LogP contribution in [0.1, 0.15) is 52.9 Å². The Balaban J connectivity index is 4.18. The van der Waals surface area contributed by atoms with E-state index >= 15 is 0 Å². The fourth-order valence-electron chi connectivity index (χ4n) is 1.52. The summed E-state index contributed by atoms with van der Waals surface area (Å²) in [5.74, 6) is 1.12. The number of hydrogen-bond acceptors (Lipinski definition) is 2. The second-order valence-corrected chi connectivity index (χ2v) is 4.93. The van der Waals surface area contributed by atoms with Crippen molar-refractivity contribution in [2.24, 2.45) is 0 Å². The zero-order valence-electron chi connectivity index (χ0n) is 9.10. The van der Waals surface area contributed by atoms with Gasteiger partial charge in [-0.2, -0.15) is 5.26 Å². The van der Waals surface area contributed by atoms with E-state index in [1.54, 1.807) is 0 Å². The van der Waals surface area contributed by atoms with Crippen LogP contribution in [-0.4, -0.2) is 10.5 Å². The summed E-state index contributed by atoms with van der Waals surface area (Å²) in [6.45, 7) is 6.50. The molecule has 0 amide bonds. The predicted octanol–water partition coefficient (Wildman–Crippen LogP) is 3.99. The Bertz CT molecular complexity index is 154. The fourth-order valence-corrected chi connectivity index (χ4v) is 2.87. The smallest absolute Gasteiger partial charge is 0.102 e. The monoisotopic (exact) mass is 199 g/mol. The maximum atomic E-state index is 9.19. The van der Waals surface area contributed by atoms with Crippen molar-refractivity contribution < 1.29 is 0 Å². The second-order valence-electron chi connectivity index (χ2n) is 3.45. The van der Waals surface area contributed by atoms with Crippen molar-refractivity contribution in [2.45, 2.75) is 57.6 Å². The van der Waals surface area contributed by atoms with Crippen molar-refractivity contribution in [3.63, 3.8) is 0 Å². The Morgan fingerprint density at radius 1 is 1.08 bits per heavy atom. The average molecular weight is 199 g/mol. The molecule has 0 aromatic carbocycles. The minimum absolute atomic E-state index is 0.0838. The summed E-state index contributed by atoms with van der Waals surface area (Å²) in [7, 11) is 0. The fraction of sp³-hybridized carbons (Fsp3) is 0.909. The third-order valence-electron chi connectivity index (χ3n) is 2.09. The Morgan fingerprint density at radius 2 is 1.62 bits per heavy atom. The van der Waals surface area contributed by atoms with Crippen LogP contribution in [0.5, 0.6) is 0 Å². The van der Waals surface area contributed by atoms with Crippen molar-refractivity contribution in [2.75, 3.05) is 5.75 Å². The molecule has 0 aromatic rings. The molecule has 13 heavy (non-hydrogen) atoms. The molecule has 0 aliphatic heterocycles. The lowest BCUT2D eigenvalue weighted by Gasteiger charge is -2.24. The van der Waals surface area contributed by atoms with Crippen molar-refractivity contribution in [3.8, 4) is 6.07 Å². The van der Waals surface area contributed by atoms with Gasteiger partial charge in [-0.15, -0.1) is 11.8 Å². The molecule has 0 bridgehead atoms. The zero-order valence-corrected chi connectivity index (χ0v) is 9.91. The Kier molecular flexibility index (Phi) is 7.17. The first kappa shape index (κ1) is 12.8. The highest BCUT2D eigenvalue weighted by Gasteiger charge is 2.27. The van der Waals surface area contributed by atoms with Gasteiger partial charge in [0.25, 0.3) is 0 Å².